The van der Waals surface area contributed by atoms with Gasteiger partial charge in [0.1, 0.15) is 5.75 Å². The van der Waals surface area contributed by atoms with Crippen LogP contribution in [0, 0.1) is 5.92 Å². The van der Waals surface area contributed by atoms with Gasteiger partial charge < -0.3 is 14.6 Å². The number of amides is 1. The lowest BCUT2D eigenvalue weighted by atomic mass is 9.89. The number of pyridine rings is 1. The first kappa shape index (κ1) is 20.4. The number of hydrogen-bond acceptors (Lipinski definition) is 3. The lowest BCUT2D eigenvalue weighted by Crippen LogP contribution is -2.33. The number of carbonyl (C=O) groups is 1. The van der Waals surface area contributed by atoms with Crippen LogP contribution >= 0.6 is 0 Å². The summed E-state index contributed by atoms with van der Waals surface area (Å²) in [7, 11) is 0. The summed E-state index contributed by atoms with van der Waals surface area (Å²) in [4.78, 5) is 24.6. The number of nitrogens with one attached hydrogen (secondary N) is 1. The van der Waals surface area contributed by atoms with Crippen LogP contribution in [0.25, 0.3) is 10.9 Å². The second-order valence-electron chi connectivity index (χ2n) is 8.11. The summed E-state index contributed by atoms with van der Waals surface area (Å²) in [6.07, 6.45) is 6.27. The smallest absolute Gasteiger partial charge is 0.257 e. The summed E-state index contributed by atoms with van der Waals surface area (Å²) in [5.41, 5.74) is 1.90. The summed E-state index contributed by atoms with van der Waals surface area (Å²) >= 11 is 0. The Morgan fingerprint density at radius 3 is 2.64 bits per heavy atom. The molecule has 0 spiro atoms. The van der Waals surface area contributed by atoms with Gasteiger partial charge in [0, 0.05) is 30.6 Å². The molecule has 1 aromatic carbocycles. The first-order valence-electron chi connectivity index (χ1n) is 10.6. The summed E-state index contributed by atoms with van der Waals surface area (Å²) < 4.78 is 7.48. The van der Waals surface area contributed by atoms with Gasteiger partial charge in [0.2, 0.25) is 0 Å². The molecule has 0 unspecified atom stereocenters. The van der Waals surface area contributed by atoms with Crippen molar-refractivity contribution in [1.82, 2.24) is 9.88 Å². The van der Waals surface area contributed by atoms with E-state index in [0.717, 1.165) is 23.0 Å². The van der Waals surface area contributed by atoms with E-state index in [0.29, 0.717) is 18.2 Å². The van der Waals surface area contributed by atoms with Crippen LogP contribution in [0.2, 0.25) is 0 Å². The maximum Gasteiger partial charge on any atom is 0.257 e. The van der Waals surface area contributed by atoms with E-state index in [2.05, 4.69) is 19.2 Å². The van der Waals surface area contributed by atoms with E-state index in [9.17, 15) is 9.59 Å². The molecule has 1 fully saturated rings. The minimum absolute atomic E-state index is 0.000995. The largest absolute Gasteiger partial charge is 0.484 e. The number of hydrogen-bond donors (Lipinski definition) is 1. The Morgan fingerprint density at radius 2 is 1.96 bits per heavy atom. The van der Waals surface area contributed by atoms with Crippen molar-refractivity contribution in [2.24, 2.45) is 5.92 Å². The highest BCUT2D eigenvalue weighted by Crippen LogP contribution is 2.27. The molecule has 1 N–H and O–H groups in total. The van der Waals surface area contributed by atoms with E-state index in [1.54, 1.807) is 10.6 Å². The van der Waals surface area contributed by atoms with Gasteiger partial charge in [-0.1, -0.05) is 33.1 Å². The maximum atomic E-state index is 12.5. The van der Waals surface area contributed by atoms with E-state index in [-0.39, 0.29) is 24.0 Å². The molecule has 2 aromatic rings. The Morgan fingerprint density at radius 1 is 1.21 bits per heavy atom. The Labute approximate surface area is 167 Å². The number of fused-ring (bicyclic) bond motifs is 1. The Hall–Kier alpha value is -2.30. The van der Waals surface area contributed by atoms with Crippen LogP contribution in [0.15, 0.2) is 29.1 Å². The fraction of sp³-hybridized carbons (Fsp3) is 0.565. The molecule has 1 heterocycles. The number of aryl methyl sites for hydroxylation is 1. The highest BCUT2D eigenvalue weighted by atomic mass is 16.5. The highest BCUT2D eigenvalue weighted by Gasteiger charge is 2.15. The van der Waals surface area contributed by atoms with Crippen LogP contribution < -0.4 is 15.6 Å². The monoisotopic (exact) mass is 384 g/mol. The molecule has 1 amide bonds. The molecular weight excluding hydrogens is 352 g/mol. The zero-order chi connectivity index (χ0) is 20.1. The first-order chi connectivity index (χ1) is 13.5. The van der Waals surface area contributed by atoms with Crippen molar-refractivity contribution in [3.63, 3.8) is 0 Å². The van der Waals surface area contributed by atoms with E-state index in [1.165, 1.54) is 32.1 Å². The van der Waals surface area contributed by atoms with Gasteiger partial charge in [-0.2, -0.15) is 0 Å². The van der Waals surface area contributed by atoms with Crippen molar-refractivity contribution < 1.29 is 9.53 Å². The SMILES string of the molecule is CCn1c(=O)cc(C(C)C)c2ccc(OCC(=O)NCC3CCCCC3)cc21. The molecule has 3 rings (SSSR count). The van der Waals surface area contributed by atoms with E-state index < -0.39 is 0 Å². The molecule has 0 bridgehead atoms. The predicted molar refractivity (Wildman–Crippen MR) is 113 cm³/mol. The number of carbonyl (C=O) groups excluding carboxylic acids is 1. The topological polar surface area (TPSA) is 60.3 Å². The van der Waals surface area contributed by atoms with Gasteiger partial charge in [-0.05, 0) is 49.3 Å². The number of aromatic nitrogens is 1. The molecule has 0 aliphatic heterocycles. The van der Waals surface area contributed by atoms with Crippen LogP contribution in [-0.4, -0.2) is 23.6 Å². The third-order valence-corrected chi connectivity index (χ3v) is 5.74. The lowest BCUT2D eigenvalue weighted by molar-refractivity contribution is -0.123. The van der Waals surface area contributed by atoms with E-state index in [1.807, 2.05) is 25.1 Å². The fourth-order valence-corrected chi connectivity index (χ4v) is 4.13. The summed E-state index contributed by atoms with van der Waals surface area (Å²) in [5, 5.41) is 4.06. The minimum atomic E-state index is -0.0884. The molecule has 1 saturated carbocycles. The van der Waals surface area contributed by atoms with Crippen LogP contribution in [-0.2, 0) is 11.3 Å². The molecule has 5 heteroatoms. The third-order valence-electron chi connectivity index (χ3n) is 5.74. The number of rotatable bonds is 7. The van der Waals surface area contributed by atoms with Crippen molar-refractivity contribution in [1.29, 1.82) is 0 Å². The van der Waals surface area contributed by atoms with Crippen molar-refractivity contribution in [2.45, 2.75) is 65.3 Å². The van der Waals surface area contributed by atoms with Gasteiger partial charge in [0.05, 0.1) is 5.52 Å². The van der Waals surface area contributed by atoms with Crippen LogP contribution in [0.4, 0.5) is 0 Å². The van der Waals surface area contributed by atoms with Gasteiger partial charge in [-0.3, -0.25) is 9.59 Å². The fourth-order valence-electron chi connectivity index (χ4n) is 4.13. The number of nitrogens with zero attached hydrogens (tertiary/aromatic N) is 1. The molecule has 0 radical (unpaired) electrons. The van der Waals surface area contributed by atoms with Gasteiger partial charge in [0.15, 0.2) is 6.61 Å². The van der Waals surface area contributed by atoms with Crippen molar-refractivity contribution in [2.75, 3.05) is 13.2 Å². The quantitative estimate of drug-likeness (QED) is 0.777. The first-order valence-corrected chi connectivity index (χ1v) is 10.6. The standard InChI is InChI=1S/C23H32N2O3/c1-4-25-21-12-18(10-11-19(21)20(16(2)3)13-23(25)27)28-15-22(26)24-14-17-8-6-5-7-9-17/h10-13,16-17H,4-9,14-15H2,1-3H3,(H,24,26). The Bertz CT molecular complexity index is 879. The summed E-state index contributed by atoms with van der Waals surface area (Å²) in [6, 6.07) is 7.48. The van der Waals surface area contributed by atoms with Crippen LogP contribution in [0.3, 0.4) is 0 Å². The molecule has 0 atom stereocenters. The lowest BCUT2D eigenvalue weighted by Gasteiger charge is -2.21. The van der Waals surface area contributed by atoms with Crippen molar-refractivity contribution >= 4 is 16.8 Å². The number of ether oxygens (including phenoxy) is 1. The third kappa shape index (κ3) is 4.75. The van der Waals surface area contributed by atoms with E-state index >= 15 is 0 Å². The van der Waals surface area contributed by atoms with Gasteiger partial charge in [-0.25, -0.2) is 0 Å². The van der Waals surface area contributed by atoms with Crippen LogP contribution in [0.1, 0.15) is 64.4 Å². The van der Waals surface area contributed by atoms with Gasteiger partial charge in [0.25, 0.3) is 11.5 Å². The number of benzene rings is 1. The summed E-state index contributed by atoms with van der Waals surface area (Å²) in [5.74, 6) is 1.39. The Kier molecular flexibility index (Phi) is 6.76. The molecule has 28 heavy (non-hydrogen) atoms. The molecule has 1 aliphatic rings. The summed E-state index contributed by atoms with van der Waals surface area (Å²) in [6.45, 7) is 7.48. The highest BCUT2D eigenvalue weighted by molar-refractivity contribution is 5.84. The van der Waals surface area contributed by atoms with Crippen molar-refractivity contribution in [3.8, 4) is 5.75 Å². The molecule has 152 valence electrons. The average molecular weight is 385 g/mol. The molecule has 1 aromatic heterocycles. The molecule has 0 saturated heterocycles. The predicted octanol–water partition coefficient (Wildman–Crippen LogP) is 4.22. The van der Waals surface area contributed by atoms with Crippen LogP contribution in [0.5, 0.6) is 5.75 Å². The molecule has 1 aliphatic carbocycles. The second kappa shape index (κ2) is 9.26. The minimum Gasteiger partial charge on any atom is -0.484 e. The zero-order valence-electron chi connectivity index (χ0n) is 17.3. The van der Waals surface area contributed by atoms with Gasteiger partial charge in [-0.15, -0.1) is 0 Å². The molecule has 5 nitrogen and oxygen atoms in total. The Balaban J connectivity index is 1.69. The van der Waals surface area contributed by atoms with Gasteiger partial charge >= 0.3 is 0 Å². The zero-order valence-corrected chi connectivity index (χ0v) is 17.3. The van der Waals surface area contributed by atoms with Crippen molar-refractivity contribution in [3.05, 3.63) is 40.2 Å². The second-order valence-corrected chi connectivity index (χ2v) is 8.11. The van der Waals surface area contributed by atoms with E-state index in [4.69, 9.17) is 4.74 Å². The maximum absolute atomic E-state index is 12.5. The normalized spacial score (nSPS) is 15.1. The average Bonchev–Trinajstić information content (AvgIpc) is 2.70. The molecular formula is C23H32N2O3.